The van der Waals surface area contributed by atoms with Crippen molar-refractivity contribution in [2.45, 2.75) is 264 Å². The molecule has 0 radical (unpaired) electrons. The van der Waals surface area contributed by atoms with E-state index in [4.69, 9.17) is 4.74 Å². The van der Waals surface area contributed by atoms with Crippen molar-refractivity contribution in [2.75, 3.05) is 13.2 Å². The highest BCUT2D eigenvalue weighted by Gasteiger charge is 2.20. The third-order valence-electron chi connectivity index (χ3n) is 10.8. The summed E-state index contributed by atoms with van der Waals surface area (Å²) in [7, 11) is 0. The first-order valence-corrected chi connectivity index (χ1v) is 23.4. The third-order valence-corrected chi connectivity index (χ3v) is 10.8. The molecule has 3 N–H and O–H groups in total. The molecule has 6 heteroatoms. The first-order chi connectivity index (χ1) is 26.0. The van der Waals surface area contributed by atoms with Gasteiger partial charge in [0.2, 0.25) is 5.91 Å². The van der Waals surface area contributed by atoms with E-state index in [0.717, 1.165) is 57.8 Å². The van der Waals surface area contributed by atoms with Crippen molar-refractivity contribution in [3.8, 4) is 0 Å². The van der Waals surface area contributed by atoms with Crippen LogP contribution in [0.3, 0.4) is 0 Å². The number of carbonyl (C=O) groups is 2. The molecule has 0 heterocycles. The molecule has 1 amide bonds. The molecular formula is C47H91NO5. The minimum atomic E-state index is -0.673. The van der Waals surface area contributed by atoms with Gasteiger partial charge in [-0.25, -0.2) is 0 Å². The summed E-state index contributed by atoms with van der Waals surface area (Å²) in [6.07, 6.45) is 47.4. The first-order valence-electron chi connectivity index (χ1n) is 23.4. The van der Waals surface area contributed by atoms with Crippen molar-refractivity contribution >= 4 is 11.9 Å². The average molecular weight is 750 g/mol. The predicted octanol–water partition coefficient (Wildman–Crippen LogP) is 13.4. The molecule has 0 aliphatic heterocycles. The van der Waals surface area contributed by atoms with E-state index in [-0.39, 0.29) is 18.5 Å². The molecule has 2 atom stereocenters. The van der Waals surface area contributed by atoms with E-state index in [1.807, 2.05) is 0 Å². The van der Waals surface area contributed by atoms with Gasteiger partial charge >= 0.3 is 5.97 Å². The van der Waals surface area contributed by atoms with Crippen molar-refractivity contribution in [3.63, 3.8) is 0 Å². The van der Waals surface area contributed by atoms with E-state index < -0.39 is 12.1 Å². The number of allylic oxidation sites excluding steroid dienone is 2. The first kappa shape index (κ1) is 51.6. The van der Waals surface area contributed by atoms with Crippen LogP contribution in [0.1, 0.15) is 251 Å². The zero-order valence-corrected chi connectivity index (χ0v) is 35.5. The van der Waals surface area contributed by atoms with Crippen LogP contribution in [0, 0.1) is 0 Å². The van der Waals surface area contributed by atoms with Gasteiger partial charge in [-0.05, 0) is 51.4 Å². The largest absolute Gasteiger partial charge is 0.466 e. The van der Waals surface area contributed by atoms with Gasteiger partial charge in [0.15, 0.2) is 0 Å². The zero-order chi connectivity index (χ0) is 38.7. The Balaban J connectivity index is 3.44. The lowest BCUT2D eigenvalue weighted by Gasteiger charge is -2.22. The minimum Gasteiger partial charge on any atom is -0.466 e. The van der Waals surface area contributed by atoms with Crippen LogP contribution < -0.4 is 5.32 Å². The van der Waals surface area contributed by atoms with Gasteiger partial charge in [-0.15, -0.1) is 0 Å². The highest BCUT2D eigenvalue weighted by atomic mass is 16.5. The maximum Gasteiger partial charge on any atom is 0.305 e. The number of unbranched alkanes of at least 4 members (excludes halogenated alkanes) is 30. The van der Waals surface area contributed by atoms with Crippen molar-refractivity contribution in [1.82, 2.24) is 5.32 Å². The van der Waals surface area contributed by atoms with Crippen LogP contribution in [0.5, 0.6) is 0 Å². The van der Waals surface area contributed by atoms with Crippen molar-refractivity contribution < 1.29 is 24.5 Å². The molecule has 0 bridgehead atoms. The van der Waals surface area contributed by atoms with Gasteiger partial charge in [-0.2, -0.15) is 0 Å². The molecule has 0 spiro atoms. The molecule has 0 aliphatic rings. The Kier molecular flexibility index (Phi) is 42.2. The summed E-state index contributed by atoms with van der Waals surface area (Å²) in [5.41, 5.74) is 0. The summed E-state index contributed by atoms with van der Waals surface area (Å²) < 4.78 is 5.45. The quantitative estimate of drug-likeness (QED) is 0.0328. The fourth-order valence-electron chi connectivity index (χ4n) is 7.16. The highest BCUT2D eigenvalue weighted by Crippen LogP contribution is 2.15. The topological polar surface area (TPSA) is 95.9 Å². The number of nitrogens with one attached hydrogen (secondary N) is 1. The molecule has 6 nitrogen and oxygen atoms in total. The molecule has 0 rings (SSSR count). The van der Waals surface area contributed by atoms with Gasteiger partial charge < -0.3 is 20.3 Å². The van der Waals surface area contributed by atoms with Crippen LogP contribution >= 0.6 is 0 Å². The van der Waals surface area contributed by atoms with Crippen molar-refractivity contribution in [1.29, 1.82) is 0 Å². The molecule has 53 heavy (non-hydrogen) atoms. The monoisotopic (exact) mass is 750 g/mol. The lowest BCUT2D eigenvalue weighted by Crippen LogP contribution is -2.45. The van der Waals surface area contributed by atoms with E-state index in [2.05, 4.69) is 31.3 Å². The molecule has 0 saturated carbocycles. The van der Waals surface area contributed by atoms with Gasteiger partial charge in [-0.3, -0.25) is 9.59 Å². The van der Waals surface area contributed by atoms with Crippen LogP contribution in [0.25, 0.3) is 0 Å². The van der Waals surface area contributed by atoms with Crippen LogP contribution in [0.4, 0.5) is 0 Å². The second-order valence-electron chi connectivity index (χ2n) is 16.1. The Morgan fingerprint density at radius 1 is 0.509 bits per heavy atom. The number of esters is 1. The van der Waals surface area contributed by atoms with E-state index in [1.54, 1.807) is 0 Å². The third kappa shape index (κ3) is 40.1. The average Bonchev–Trinajstić information content (AvgIpc) is 3.16. The van der Waals surface area contributed by atoms with Gasteiger partial charge in [0.05, 0.1) is 25.4 Å². The van der Waals surface area contributed by atoms with Gasteiger partial charge in [0, 0.05) is 12.8 Å². The molecule has 314 valence electrons. The number of aliphatic hydroxyl groups is 2. The number of rotatable bonds is 43. The maximum absolute atomic E-state index is 12.4. The van der Waals surface area contributed by atoms with Gasteiger partial charge in [0.1, 0.15) is 0 Å². The second-order valence-corrected chi connectivity index (χ2v) is 16.1. The fourth-order valence-corrected chi connectivity index (χ4v) is 7.16. The van der Waals surface area contributed by atoms with Crippen molar-refractivity contribution in [3.05, 3.63) is 12.2 Å². The lowest BCUT2D eigenvalue weighted by atomic mass is 10.0. The summed E-state index contributed by atoms with van der Waals surface area (Å²) in [6, 6.07) is -0.552. The standard InChI is InChI=1S/C47H91NO5/c1-3-5-7-9-11-13-14-15-16-17-18-21-25-29-33-37-41-47(52)53-42-38-34-30-26-22-19-20-24-28-32-36-40-46(51)48-44(43-49)45(50)39-35-31-27-23-12-10-8-6-4-2/h16-17,44-45,49-50H,3-15,18-43H2,1-2H3,(H,48,51)/b17-16-. The summed E-state index contributed by atoms with van der Waals surface area (Å²) in [6.45, 7) is 4.88. The number of hydrogen-bond acceptors (Lipinski definition) is 5. The maximum atomic E-state index is 12.4. The molecule has 0 aromatic rings. The van der Waals surface area contributed by atoms with Crippen LogP contribution in [0.2, 0.25) is 0 Å². The number of hydrogen-bond donors (Lipinski definition) is 3. The molecule has 2 unspecified atom stereocenters. The Hall–Kier alpha value is -1.40. The van der Waals surface area contributed by atoms with Gasteiger partial charge in [-0.1, -0.05) is 199 Å². The number of aliphatic hydroxyl groups excluding tert-OH is 2. The zero-order valence-electron chi connectivity index (χ0n) is 35.5. The number of amides is 1. The number of ether oxygens (including phenoxy) is 1. The smallest absolute Gasteiger partial charge is 0.305 e. The summed E-state index contributed by atoms with van der Waals surface area (Å²) >= 11 is 0. The number of carbonyl (C=O) groups excluding carboxylic acids is 2. The molecular weight excluding hydrogens is 659 g/mol. The van der Waals surface area contributed by atoms with Crippen LogP contribution in [-0.2, 0) is 14.3 Å². The fraction of sp³-hybridized carbons (Fsp3) is 0.915. The Bertz CT molecular complexity index is 787. The van der Waals surface area contributed by atoms with Crippen LogP contribution in [0.15, 0.2) is 12.2 Å². The SMILES string of the molecule is CCCCCCCCC/C=C\CCCCCCCC(=O)OCCCCCCCCCCCCCC(=O)NC(CO)C(O)CCCCCCCCCCC. The van der Waals surface area contributed by atoms with E-state index in [0.29, 0.717) is 25.9 Å². The van der Waals surface area contributed by atoms with E-state index in [1.165, 1.54) is 161 Å². The summed E-state index contributed by atoms with van der Waals surface area (Å²) in [5, 5.41) is 23.0. The summed E-state index contributed by atoms with van der Waals surface area (Å²) in [4.78, 5) is 24.4. The Morgan fingerprint density at radius 3 is 1.34 bits per heavy atom. The summed E-state index contributed by atoms with van der Waals surface area (Å²) in [5.74, 6) is -0.0785. The molecule has 0 aliphatic carbocycles. The minimum absolute atomic E-state index is 0.0216. The molecule has 0 saturated heterocycles. The normalized spacial score (nSPS) is 12.8. The predicted molar refractivity (Wildman–Crippen MR) is 227 cm³/mol. The van der Waals surface area contributed by atoms with Crippen molar-refractivity contribution in [2.24, 2.45) is 0 Å². The Labute approximate surface area is 329 Å². The van der Waals surface area contributed by atoms with Gasteiger partial charge in [0.25, 0.3) is 0 Å². The molecule has 0 aromatic carbocycles. The lowest BCUT2D eigenvalue weighted by molar-refractivity contribution is -0.143. The second kappa shape index (κ2) is 43.3. The Morgan fingerprint density at radius 2 is 0.887 bits per heavy atom. The molecule has 0 aromatic heterocycles. The highest BCUT2D eigenvalue weighted by molar-refractivity contribution is 5.76. The van der Waals surface area contributed by atoms with Crippen LogP contribution in [-0.4, -0.2) is 47.4 Å². The van der Waals surface area contributed by atoms with E-state index >= 15 is 0 Å². The molecule has 0 fully saturated rings. The van der Waals surface area contributed by atoms with E-state index in [9.17, 15) is 19.8 Å².